The summed E-state index contributed by atoms with van der Waals surface area (Å²) in [4.78, 5) is 24.4. The van der Waals surface area contributed by atoms with E-state index < -0.39 is 12.1 Å². The summed E-state index contributed by atoms with van der Waals surface area (Å²) in [5.74, 6) is -0.0604. The van der Waals surface area contributed by atoms with Crippen LogP contribution in [0.1, 0.15) is 348 Å². The van der Waals surface area contributed by atoms with Gasteiger partial charge in [-0.15, -0.1) is 0 Å². The van der Waals surface area contributed by atoms with E-state index in [9.17, 15) is 19.8 Å². The average Bonchev–Trinajstić information content (AvgIpc) is 3.40. The SMILES string of the molecule is CCCC/C=C\CCCCCCCC(=O)OCCCCCCCCCCCCCCC/C=C\C/C=C\CCCCCCCCCCCCCCCCCCCC(=O)NC(CO)C(O)/C=C/CCCCCCCCC. The van der Waals surface area contributed by atoms with Gasteiger partial charge in [-0.05, 0) is 83.5 Å². The molecule has 0 rings (SSSR count). The maximum absolute atomic E-state index is 12.4. The van der Waals surface area contributed by atoms with Crippen LogP contribution < -0.4 is 5.32 Å². The lowest BCUT2D eigenvalue weighted by molar-refractivity contribution is -0.143. The minimum absolute atomic E-state index is 0.00707. The van der Waals surface area contributed by atoms with Crippen molar-refractivity contribution < 1.29 is 24.5 Å². The van der Waals surface area contributed by atoms with Crippen molar-refractivity contribution in [1.29, 1.82) is 0 Å². The summed E-state index contributed by atoms with van der Waals surface area (Å²) >= 11 is 0. The molecule has 0 aromatic carbocycles. The molecule has 6 nitrogen and oxygen atoms in total. The Hall–Kier alpha value is -2.18. The van der Waals surface area contributed by atoms with Gasteiger partial charge in [-0.3, -0.25) is 9.59 Å². The molecule has 0 radical (unpaired) electrons. The zero-order valence-electron chi connectivity index (χ0n) is 49.6. The fourth-order valence-electron chi connectivity index (χ4n) is 10.00. The molecule has 2 unspecified atom stereocenters. The van der Waals surface area contributed by atoms with Crippen LogP contribution in [0.2, 0.25) is 0 Å². The van der Waals surface area contributed by atoms with E-state index in [1.165, 1.54) is 270 Å². The Bertz CT molecular complexity index is 1240. The van der Waals surface area contributed by atoms with Crippen LogP contribution in [0.4, 0.5) is 0 Å². The fraction of sp³-hybridized carbons (Fsp3) is 0.853. The summed E-state index contributed by atoms with van der Waals surface area (Å²) in [5, 5.41) is 23.0. The molecule has 0 bridgehead atoms. The van der Waals surface area contributed by atoms with E-state index >= 15 is 0 Å². The molecular weight excluding hydrogens is 911 g/mol. The Kier molecular flexibility index (Phi) is 61.5. The lowest BCUT2D eigenvalue weighted by Crippen LogP contribution is -2.45. The van der Waals surface area contributed by atoms with Gasteiger partial charge in [0.05, 0.1) is 25.4 Å². The van der Waals surface area contributed by atoms with Crippen molar-refractivity contribution in [2.75, 3.05) is 13.2 Å². The zero-order valence-corrected chi connectivity index (χ0v) is 49.6. The quantitative estimate of drug-likeness (QED) is 0.0320. The molecular formula is C68H127NO5. The second-order valence-corrected chi connectivity index (χ2v) is 22.4. The first-order valence-corrected chi connectivity index (χ1v) is 32.9. The molecule has 0 aliphatic heterocycles. The third-order valence-electron chi connectivity index (χ3n) is 15.1. The Morgan fingerprint density at radius 3 is 1.08 bits per heavy atom. The predicted octanol–water partition coefficient (Wildman–Crippen LogP) is 20.9. The van der Waals surface area contributed by atoms with Gasteiger partial charge in [0.15, 0.2) is 0 Å². The van der Waals surface area contributed by atoms with E-state index in [2.05, 4.69) is 55.6 Å². The average molecular weight is 1040 g/mol. The lowest BCUT2D eigenvalue weighted by Gasteiger charge is -2.20. The minimum atomic E-state index is -0.840. The van der Waals surface area contributed by atoms with Crippen molar-refractivity contribution in [3.8, 4) is 0 Å². The second-order valence-electron chi connectivity index (χ2n) is 22.4. The summed E-state index contributed by atoms with van der Waals surface area (Å²) in [6.45, 7) is 4.85. The third kappa shape index (κ3) is 59.1. The molecule has 0 aromatic heterocycles. The largest absolute Gasteiger partial charge is 0.466 e. The highest BCUT2D eigenvalue weighted by molar-refractivity contribution is 5.76. The number of nitrogens with one attached hydrogen (secondary N) is 1. The van der Waals surface area contributed by atoms with Gasteiger partial charge < -0.3 is 20.3 Å². The number of hydrogen-bond donors (Lipinski definition) is 3. The van der Waals surface area contributed by atoms with E-state index in [4.69, 9.17) is 4.74 Å². The number of carbonyl (C=O) groups is 2. The van der Waals surface area contributed by atoms with Crippen molar-refractivity contribution in [3.05, 3.63) is 48.6 Å². The molecule has 434 valence electrons. The van der Waals surface area contributed by atoms with Crippen molar-refractivity contribution in [2.45, 2.75) is 360 Å². The van der Waals surface area contributed by atoms with Crippen LogP contribution in [0.25, 0.3) is 0 Å². The number of aliphatic hydroxyl groups excluding tert-OH is 2. The summed E-state index contributed by atoms with van der Waals surface area (Å²) < 4.78 is 5.46. The van der Waals surface area contributed by atoms with Crippen molar-refractivity contribution >= 4 is 11.9 Å². The molecule has 1 amide bonds. The first-order chi connectivity index (χ1) is 36.5. The van der Waals surface area contributed by atoms with E-state index in [1.54, 1.807) is 6.08 Å². The molecule has 3 N–H and O–H groups in total. The standard InChI is InChI=1S/C68H127NO5/c1-3-5-7-9-11-13-41-46-50-54-58-62-68(73)74-63-59-55-51-47-43-40-38-36-34-32-30-28-26-24-22-20-18-16-14-15-17-19-21-23-25-27-29-31-33-35-37-39-42-45-49-53-57-61-67(72)69-65(64-70)66(71)60-56-52-48-44-12-10-8-6-4-2/h9,11,14,16,20,22,56,60,65-66,70-71H,3-8,10,12-13,15,17-19,21,23-55,57-59,61-64H2,1-2H3,(H,69,72)/b11-9-,16-14-,22-20-,60-56+. The van der Waals surface area contributed by atoms with Crippen LogP contribution in [-0.2, 0) is 14.3 Å². The molecule has 0 spiro atoms. The molecule has 0 heterocycles. The van der Waals surface area contributed by atoms with E-state index in [1.807, 2.05) is 6.08 Å². The van der Waals surface area contributed by atoms with Crippen LogP contribution in [0.15, 0.2) is 48.6 Å². The number of unbranched alkanes of at least 4 members (excludes halogenated alkanes) is 44. The van der Waals surface area contributed by atoms with Crippen LogP contribution in [-0.4, -0.2) is 47.4 Å². The van der Waals surface area contributed by atoms with E-state index in [-0.39, 0.29) is 18.5 Å². The van der Waals surface area contributed by atoms with Crippen LogP contribution in [0.3, 0.4) is 0 Å². The monoisotopic (exact) mass is 1040 g/mol. The van der Waals surface area contributed by atoms with Crippen LogP contribution in [0, 0.1) is 0 Å². The number of amides is 1. The first kappa shape index (κ1) is 71.8. The number of carbonyl (C=O) groups excluding carboxylic acids is 2. The lowest BCUT2D eigenvalue weighted by atomic mass is 10.0. The topological polar surface area (TPSA) is 95.9 Å². The molecule has 6 heteroatoms. The number of esters is 1. The van der Waals surface area contributed by atoms with Gasteiger partial charge in [-0.2, -0.15) is 0 Å². The summed E-state index contributed by atoms with van der Waals surface area (Å²) in [6, 6.07) is -0.624. The summed E-state index contributed by atoms with van der Waals surface area (Å²) in [7, 11) is 0. The van der Waals surface area contributed by atoms with Gasteiger partial charge in [0, 0.05) is 12.8 Å². The maximum atomic E-state index is 12.4. The van der Waals surface area contributed by atoms with Crippen molar-refractivity contribution in [3.63, 3.8) is 0 Å². The normalized spacial score (nSPS) is 12.9. The predicted molar refractivity (Wildman–Crippen MR) is 324 cm³/mol. The molecule has 0 saturated heterocycles. The smallest absolute Gasteiger partial charge is 0.305 e. The highest BCUT2D eigenvalue weighted by Crippen LogP contribution is 2.17. The summed E-state index contributed by atoms with van der Waals surface area (Å²) in [6.07, 6.45) is 82.0. The number of rotatable bonds is 61. The fourth-order valence-corrected chi connectivity index (χ4v) is 10.00. The van der Waals surface area contributed by atoms with Crippen LogP contribution >= 0.6 is 0 Å². The Balaban J connectivity index is 3.35. The van der Waals surface area contributed by atoms with E-state index in [0.717, 1.165) is 51.4 Å². The molecule has 74 heavy (non-hydrogen) atoms. The Morgan fingerprint density at radius 1 is 0.378 bits per heavy atom. The molecule has 0 fully saturated rings. The molecule has 0 aliphatic rings. The molecule has 0 aromatic rings. The van der Waals surface area contributed by atoms with Crippen molar-refractivity contribution in [1.82, 2.24) is 5.32 Å². The third-order valence-corrected chi connectivity index (χ3v) is 15.1. The van der Waals surface area contributed by atoms with Gasteiger partial charge in [0.2, 0.25) is 5.91 Å². The number of aliphatic hydroxyl groups is 2. The molecule has 2 atom stereocenters. The van der Waals surface area contributed by atoms with Crippen LogP contribution in [0.5, 0.6) is 0 Å². The Labute approximate surface area is 461 Å². The first-order valence-electron chi connectivity index (χ1n) is 32.9. The second kappa shape index (κ2) is 63.4. The van der Waals surface area contributed by atoms with Gasteiger partial charge >= 0.3 is 5.97 Å². The minimum Gasteiger partial charge on any atom is -0.466 e. The highest BCUT2D eigenvalue weighted by Gasteiger charge is 2.18. The number of hydrogen-bond acceptors (Lipinski definition) is 5. The number of allylic oxidation sites excluding steroid dienone is 7. The Morgan fingerprint density at radius 2 is 0.689 bits per heavy atom. The highest BCUT2D eigenvalue weighted by atomic mass is 16.5. The van der Waals surface area contributed by atoms with E-state index in [0.29, 0.717) is 19.4 Å². The number of ether oxygens (including phenoxy) is 1. The van der Waals surface area contributed by atoms with Gasteiger partial charge in [0.1, 0.15) is 0 Å². The summed E-state index contributed by atoms with van der Waals surface area (Å²) in [5.41, 5.74) is 0. The molecule has 0 saturated carbocycles. The van der Waals surface area contributed by atoms with Gasteiger partial charge in [-0.1, -0.05) is 300 Å². The zero-order chi connectivity index (χ0) is 53.6. The van der Waals surface area contributed by atoms with Gasteiger partial charge in [-0.25, -0.2) is 0 Å². The van der Waals surface area contributed by atoms with Gasteiger partial charge in [0.25, 0.3) is 0 Å². The molecule has 0 aliphatic carbocycles. The van der Waals surface area contributed by atoms with Crippen molar-refractivity contribution in [2.24, 2.45) is 0 Å². The maximum Gasteiger partial charge on any atom is 0.305 e.